The number of methoxy groups -OCH3 is 1. The molecule has 6 heteroatoms. The van der Waals surface area contributed by atoms with Crippen molar-refractivity contribution in [3.05, 3.63) is 53.1 Å². The number of carbonyl (C=O) groups is 1. The molecule has 5 nitrogen and oxygen atoms in total. The largest absolute Gasteiger partial charge is 0.495 e. The lowest BCUT2D eigenvalue weighted by Gasteiger charge is -2.31. The molecule has 0 radical (unpaired) electrons. The summed E-state index contributed by atoms with van der Waals surface area (Å²) < 4.78 is 5.57. The van der Waals surface area contributed by atoms with Gasteiger partial charge in [0.15, 0.2) is 0 Å². The third-order valence-electron chi connectivity index (χ3n) is 6.10. The average molecular weight is 414 g/mol. The molecule has 0 N–H and O–H groups in total. The van der Waals surface area contributed by atoms with Crippen LogP contribution in [0.25, 0.3) is 0 Å². The van der Waals surface area contributed by atoms with Crippen LogP contribution in [-0.2, 0) is 4.79 Å². The second kappa shape index (κ2) is 8.25. The highest BCUT2D eigenvalue weighted by molar-refractivity contribution is 6.31. The van der Waals surface area contributed by atoms with Gasteiger partial charge in [-0.3, -0.25) is 14.6 Å². The first-order valence-corrected chi connectivity index (χ1v) is 10.7. The average Bonchev–Trinajstić information content (AvgIpc) is 3.31. The molecule has 0 aliphatic carbocycles. The molecule has 2 aromatic carbocycles. The smallest absolute Gasteiger partial charge is 0.246 e. The fourth-order valence-corrected chi connectivity index (χ4v) is 4.83. The van der Waals surface area contributed by atoms with Crippen molar-refractivity contribution in [1.82, 2.24) is 4.90 Å². The summed E-state index contributed by atoms with van der Waals surface area (Å²) in [6.45, 7) is 7.18. The van der Waals surface area contributed by atoms with E-state index in [0.29, 0.717) is 10.8 Å². The van der Waals surface area contributed by atoms with E-state index in [2.05, 4.69) is 47.9 Å². The molecule has 0 unspecified atom stereocenters. The van der Waals surface area contributed by atoms with Crippen LogP contribution in [-0.4, -0.2) is 43.6 Å². The van der Waals surface area contributed by atoms with Gasteiger partial charge in [0.2, 0.25) is 5.91 Å². The molecule has 2 aliphatic rings. The molecule has 2 aromatic rings. The molecular weight excluding hydrogens is 386 g/mol. The third kappa shape index (κ3) is 3.47. The number of ether oxygens (including phenoxy) is 1. The van der Waals surface area contributed by atoms with Gasteiger partial charge in [-0.2, -0.15) is 0 Å². The Morgan fingerprint density at radius 3 is 2.52 bits per heavy atom. The minimum atomic E-state index is -0.145. The highest BCUT2D eigenvalue weighted by Gasteiger charge is 2.50. The fourth-order valence-electron chi connectivity index (χ4n) is 4.66. The van der Waals surface area contributed by atoms with Crippen LogP contribution in [0.5, 0.6) is 5.75 Å². The summed E-state index contributed by atoms with van der Waals surface area (Å²) in [5.41, 5.74) is 3.05. The monoisotopic (exact) mass is 413 g/mol. The lowest BCUT2D eigenvalue weighted by Crippen LogP contribution is -2.32. The zero-order valence-electron chi connectivity index (χ0n) is 17.3. The first-order chi connectivity index (χ1) is 14.1. The van der Waals surface area contributed by atoms with Crippen molar-refractivity contribution in [2.75, 3.05) is 36.5 Å². The van der Waals surface area contributed by atoms with E-state index >= 15 is 0 Å². The van der Waals surface area contributed by atoms with Crippen molar-refractivity contribution in [2.45, 2.75) is 38.9 Å². The van der Waals surface area contributed by atoms with E-state index < -0.39 is 0 Å². The molecule has 2 atom stereocenters. The summed E-state index contributed by atoms with van der Waals surface area (Å²) in [4.78, 5) is 19.9. The molecule has 2 heterocycles. The van der Waals surface area contributed by atoms with E-state index in [0.717, 1.165) is 43.7 Å². The number of benzene rings is 2. The Labute approximate surface area is 177 Å². The van der Waals surface area contributed by atoms with Gasteiger partial charge in [0.25, 0.3) is 0 Å². The van der Waals surface area contributed by atoms with Gasteiger partial charge >= 0.3 is 0 Å². The molecule has 2 aliphatic heterocycles. The van der Waals surface area contributed by atoms with Crippen LogP contribution >= 0.6 is 11.6 Å². The number of hydrogen-bond donors (Lipinski definition) is 0. The molecule has 1 amide bonds. The van der Waals surface area contributed by atoms with Gasteiger partial charge in [-0.05, 0) is 62.6 Å². The van der Waals surface area contributed by atoms with Crippen LogP contribution < -0.4 is 14.5 Å². The molecule has 2 saturated heterocycles. The molecule has 154 valence electrons. The molecule has 0 bridgehead atoms. The van der Waals surface area contributed by atoms with Gasteiger partial charge in [-0.25, -0.2) is 0 Å². The zero-order valence-corrected chi connectivity index (χ0v) is 18.0. The summed E-state index contributed by atoms with van der Waals surface area (Å²) in [6.07, 6.45) is 1.80. The topological polar surface area (TPSA) is 36.0 Å². The van der Waals surface area contributed by atoms with Gasteiger partial charge in [0, 0.05) is 30.3 Å². The van der Waals surface area contributed by atoms with E-state index in [4.69, 9.17) is 16.3 Å². The lowest BCUT2D eigenvalue weighted by molar-refractivity contribution is -0.119. The Morgan fingerprint density at radius 1 is 1.14 bits per heavy atom. The molecule has 0 saturated carbocycles. The molecule has 29 heavy (non-hydrogen) atoms. The van der Waals surface area contributed by atoms with Crippen LogP contribution in [0.2, 0.25) is 5.02 Å². The highest BCUT2D eigenvalue weighted by Crippen LogP contribution is 2.46. The molecule has 2 fully saturated rings. The summed E-state index contributed by atoms with van der Waals surface area (Å²) >= 11 is 6.29. The third-order valence-corrected chi connectivity index (χ3v) is 6.33. The van der Waals surface area contributed by atoms with Gasteiger partial charge < -0.3 is 9.64 Å². The summed E-state index contributed by atoms with van der Waals surface area (Å²) in [6, 6.07) is 14.0. The summed E-state index contributed by atoms with van der Waals surface area (Å²) in [7, 11) is 1.63. The zero-order chi connectivity index (χ0) is 20.5. The van der Waals surface area contributed by atoms with Gasteiger partial charge in [-0.15, -0.1) is 0 Å². The maximum Gasteiger partial charge on any atom is 0.246 e. The highest BCUT2D eigenvalue weighted by atomic mass is 35.5. The number of anilines is 2. The van der Waals surface area contributed by atoms with Crippen LogP contribution in [0.4, 0.5) is 11.4 Å². The number of fused-ring (bicyclic) bond motifs is 1. The molecule has 0 spiro atoms. The van der Waals surface area contributed by atoms with Crippen molar-refractivity contribution in [3.63, 3.8) is 0 Å². The second-order valence-corrected chi connectivity index (χ2v) is 7.99. The van der Waals surface area contributed by atoms with Crippen molar-refractivity contribution in [3.8, 4) is 5.75 Å². The number of hydrogen-bond acceptors (Lipinski definition) is 4. The lowest BCUT2D eigenvalue weighted by atomic mass is 10.1. The molecule has 0 aromatic heterocycles. The van der Waals surface area contributed by atoms with Gasteiger partial charge in [0.05, 0.1) is 18.8 Å². The van der Waals surface area contributed by atoms with Crippen LogP contribution in [0.1, 0.15) is 38.4 Å². The Bertz CT molecular complexity index is 882. The van der Waals surface area contributed by atoms with Crippen molar-refractivity contribution in [1.29, 1.82) is 0 Å². The van der Waals surface area contributed by atoms with Gasteiger partial charge in [-0.1, -0.05) is 23.7 Å². The minimum absolute atomic E-state index is 0.0776. The first-order valence-electron chi connectivity index (χ1n) is 10.4. The van der Waals surface area contributed by atoms with E-state index in [-0.39, 0.29) is 18.1 Å². The van der Waals surface area contributed by atoms with E-state index in [1.165, 1.54) is 5.69 Å². The number of carbonyl (C=O) groups excluding carboxylic acids is 1. The molecular formula is C23H28ClN3O2. The number of halogens is 1. The second-order valence-electron chi connectivity index (χ2n) is 7.56. The number of rotatable bonds is 6. The fraction of sp³-hybridized carbons (Fsp3) is 0.435. The van der Waals surface area contributed by atoms with Crippen LogP contribution in [0, 0.1) is 0 Å². The minimum Gasteiger partial charge on any atom is -0.495 e. The summed E-state index contributed by atoms with van der Waals surface area (Å²) in [5.74, 6) is 0.787. The van der Waals surface area contributed by atoms with Crippen molar-refractivity contribution < 1.29 is 9.53 Å². The Balaban J connectivity index is 1.77. The van der Waals surface area contributed by atoms with Crippen molar-refractivity contribution >= 4 is 28.9 Å². The predicted molar refractivity (Wildman–Crippen MR) is 118 cm³/mol. The van der Waals surface area contributed by atoms with Gasteiger partial charge in [0.1, 0.15) is 11.9 Å². The number of amides is 1. The van der Waals surface area contributed by atoms with Crippen LogP contribution in [0.3, 0.4) is 0 Å². The van der Waals surface area contributed by atoms with E-state index in [9.17, 15) is 4.79 Å². The summed E-state index contributed by atoms with van der Waals surface area (Å²) in [5, 5.41) is 0.594. The SMILES string of the molecule is CCN(CC)c1ccc([C@H]2N(c3cc(Cl)ccc3OC)C(=O)[C@@H]3CCCN32)cc1. The predicted octanol–water partition coefficient (Wildman–Crippen LogP) is 4.70. The van der Waals surface area contributed by atoms with Crippen molar-refractivity contribution in [2.24, 2.45) is 0 Å². The number of nitrogens with zero attached hydrogens (tertiary/aromatic N) is 3. The Morgan fingerprint density at radius 2 is 1.86 bits per heavy atom. The molecule has 4 rings (SSSR count). The Hall–Kier alpha value is -2.24. The maximum absolute atomic E-state index is 13.4. The quantitative estimate of drug-likeness (QED) is 0.687. The normalized spacial score (nSPS) is 21.5. The van der Waals surface area contributed by atoms with E-state index in [1.54, 1.807) is 13.2 Å². The standard InChI is InChI=1S/C23H28ClN3O2/c1-4-25(5-2)18-11-8-16(9-12-18)22-26-14-6-7-19(26)23(28)27(22)20-15-17(24)10-13-21(20)29-3/h8-13,15,19,22H,4-7,14H2,1-3H3/t19-,22+/m0/s1. The maximum atomic E-state index is 13.4. The first kappa shape index (κ1) is 20.0. The van der Waals surface area contributed by atoms with E-state index in [1.807, 2.05) is 17.0 Å². The van der Waals surface area contributed by atoms with Crippen LogP contribution in [0.15, 0.2) is 42.5 Å². The Kier molecular flexibility index (Phi) is 5.70.